The molecule has 1 amide bonds. The molecule has 0 unspecified atom stereocenters. The number of benzene rings is 1. The predicted molar refractivity (Wildman–Crippen MR) is 102 cm³/mol. The van der Waals surface area contributed by atoms with Crippen LogP contribution in [0.25, 0.3) is 5.69 Å². The minimum Gasteiger partial charge on any atom is -0.352 e. The average molecular weight is 364 g/mol. The summed E-state index contributed by atoms with van der Waals surface area (Å²) in [5.74, 6) is -0.0153. The van der Waals surface area contributed by atoms with Gasteiger partial charge in [0, 0.05) is 44.5 Å². The molecule has 1 aromatic carbocycles. The van der Waals surface area contributed by atoms with E-state index in [0.29, 0.717) is 12.1 Å². The Hall–Kier alpha value is -1.89. The van der Waals surface area contributed by atoms with E-state index >= 15 is 0 Å². The Morgan fingerprint density at radius 2 is 1.96 bits per heavy atom. The van der Waals surface area contributed by atoms with Crippen LogP contribution in [-0.4, -0.2) is 59.9 Å². The van der Waals surface area contributed by atoms with Crippen LogP contribution in [-0.2, 0) is 0 Å². The first-order chi connectivity index (χ1) is 11.7. The first-order valence-corrected chi connectivity index (χ1v) is 8.55. The summed E-state index contributed by atoms with van der Waals surface area (Å²) in [4.78, 5) is 14.6. The zero-order valence-corrected chi connectivity index (χ0v) is 15.4. The molecule has 136 valence electrons. The average Bonchev–Trinajstić information content (AvgIpc) is 3.06. The Morgan fingerprint density at radius 3 is 2.60 bits per heavy atom. The number of rotatable bonds is 6. The third-order valence-corrected chi connectivity index (χ3v) is 4.25. The van der Waals surface area contributed by atoms with Crippen LogP contribution in [0, 0.1) is 6.92 Å². The maximum Gasteiger partial charge on any atom is 0.251 e. The second-order valence-corrected chi connectivity index (χ2v) is 6.21. The van der Waals surface area contributed by atoms with E-state index in [1.165, 1.54) is 0 Å². The summed E-state index contributed by atoms with van der Waals surface area (Å²) in [7, 11) is 0. The Bertz CT molecular complexity index is 664. The van der Waals surface area contributed by atoms with Crippen LogP contribution in [0.15, 0.2) is 36.7 Å². The van der Waals surface area contributed by atoms with Crippen molar-refractivity contribution in [2.75, 3.05) is 39.3 Å². The third kappa shape index (κ3) is 5.56. The van der Waals surface area contributed by atoms with Gasteiger partial charge in [-0.05, 0) is 49.7 Å². The van der Waals surface area contributed by atoms with E-state index in [1.54, 1.807) is 0 Å². The summed E-state index contributed by atoms with van der Waals surface area (Å²) in [6, 6.07) is 7.53. The lowest BCUT2D eigenvalue weighted by Gasteiger charge is -2.27. The molecule has 1 aromatic heterocycles. The molecule has 7 heteroatoms. The maximum atomic E-state index is 12.2. The molecule has 1 fully saturated rings. The lowest BCUT2D eigenvalue weighted by molar-refractivity contribution is 0.0951. The highest BCUT2D eigenvalue weighted by Gasteiger charge is 2.09. The fourth-order valence-corrected chi connectivity index (χ4v) is 2.86. The van der Waals surface area contributed by atoms with Crippen molar-refractivity contribution >= 4 is 18.3 Å². The van der Waals surface area contributed by atoms with Crippen LogP contribution in [0.2, 0.25) is 0 Å². The molecule has 0 bridgehead atoms. The number of nitrogens with zero attached hydrogens (tertiary/aromatic N) is 3. The monoisotopic (exact) mass is 363 g/mol. The summed E-state index contributed by atoms with van der Waals surface area (Å²) in [6.45, 7) is 8.09. The molecule has 0 radical (unpaired) electrons. The number of hydrogen-bond donors (Lipinski definition) is 2. The van der Waals surface area contributed by atoms with Gasteiger partial charge >= 0.3 is 0 Å². The summed E-state index contributed by atoms with van der Waals surface area (Å²) in [5, 5.41) is 10.6. The lowest BCUT2D eigenvalue weighted by atomic mass is 10.2. The molecule has 0 aliphatic carbocycles. The minimum atomic E-state index is -0.0153. The summed E-state index contributed by atoms with van der Waals surface area (Å²) >= 11 is 0. The number of aryl methyl sites for hydroxylation is 1. The molecule has 1 aliphatic rings. The highest BCUT2D eigenvalue weighted by atomic mass is 35.5. The van der Waals surface area contributed by atoms with Gasteiger partial charge in [-0.2, -0.15) is 5.10 Å². The fourth-order valence-electron chi connectivity index (χ4n) is 2.86. The second kappa shape index (κ2) is 9.56. The zero-order valence-electron chi connectivity index (χ0n) is 14.6. The zero-order chi connectivity index (χ0) is 16.8. The van der Waals surface area contributed by atoms with Gasteiger partial charge in [0.2, 0.25) is 0 Å². The van der Waals surface area contributed by atoms with Crippen molar-refractivity contribution in [2.45, 2.75) is 13.3 Å². The highest BCUT2D eigenvalue weighted by Crippen LogP contribution is 2.10. The van der Waals surface area contributed by atoms with Crippen molar-refractivity contribution in [3.05, 3.63) is 47.8 Å². The lowest BCUT2D eigenvalue weighted by Crippen LogP contribution is -2.44. The number of halogens is 1. The first kappa shape index (κ1) is 19.4. The van der Waals surface area contributed by atoms with Gasteiger partial charge in [0.25, 0.3) is 5.91 Å². The Balaban J connectivity index is 0.00000225. The largest absolute Gasteiger partial charge is 0.352 e. The summed E-state index contributed by atoms with van der Waals surface area (Å²) in [5.41, 5.74) is 2.75. The molecule has 6 nitrogen and oxygen atoms in total. The molecule has 3 rings (SSSR count). The molecule has 0 atom stereocenters. The molecular formula is C18H26ClN5O. The van der Waals surface area contributed by atoms with Gasteiger partial charge in [0.05, 0.1) is 11.9 Å². The SMILES string of the molecule is Cc1cnn(-c2ccc(C(=O)NCCCN3CCNCC3)cc2)c1.Cl. The number of nitrogens with one attached hydrogen (secondary N) is 2. The number of carbonyl (C=O) groups excluding carboxylic acids is 1. The van der Waals surface area contributed by atoms with Crippen LogP contribution in [0.5, 0.6) is 0 Å². The summed E-state index contributed by atoms with van der Waals surface area (Å²) < 4.78 is 1.81. The molecule has 0 spiro atoms. The van der Waals surface area contributed by atoms with Crippen molar-refractivity contribution in [3.8, 4) is 5.69 Å². The Morgan fingerprint density at radius 1 is 1.24 bits per heavy atom. The standard InChI is InChI=1S/C18H25N5O.ClH/c1-15-13-21-23(14-15)17-5-3-16(4-6-17)18(24)20-7-2-10-22-11-8-19-9-12-22;/h3-6,13-14,19H,2,7-12H2,1H3,(H,20,24);1H. The van der Waals surface area contributed by atoms with Crippen molar-refractivity contribution in [2.24, 2.45) is 0 Å². The quantitative estimate of drug-likeness (QED) is 0.766. The topological polar surface area (TPSA) is 62.2 Å². The van der Waals surface area contributed by atoms with Crippen LogP contribution >= 0.6 is 12.4 Å². The van der Waals surface area contributed by atoms with Gasteiger partial charge < -0.3 is 15.5 Å². The number of aromatic nitrogens is 2. The van der Waals surface area contributed by atoms with E-state index in [9.17, 15) is 4.79 Å². The number of hydrogen-bond acceptors (Lipinski definition) is 4. The van der Waals surface area contributed by atoms with E-state index in [0.717, 1.165) is 50.4 Å². The number of amides is 1. The normalized spacial score (nSPS) is 14.8. The molecule has 2 N–H and O–H groups in total. The van der Waals surface area contributed by atoms with Gasteiger partial charge in [0.15, 0.2) is 0 Å². The molecule has 25 heavy (non-hydrogen) atoms. The van der Waals surface area contributed by atoms with E-state index in [-0.39, 0.29) is 18.3 Å². The maximum absolute atomic E-state index is 12.2. The van der Waals surface area contributed by atoms with E-state index in [4.69, 9.17) is 0 Å². The smallest absolute Gasteiger partial charge is 0.251 e. The van der Waals surface area contributed by atoms with Gasteiger partial charge in [-0.1, -0.05) is 0 Å². The molecule has 0 saturated carbocycles. The van der Waals surface area contributed by atoms with Crippen molar-refractivity contribution in [1.29, 1.82) is 0 Å². The van der Waals surface area contributed by atoms with E-state index in [2.05, 4.69) is 20.6 Å². The molecule has 1 saturated heterocycles. The Kier molecular flexibility index (Phi) is 7.43. The highest BCUT2D eigenvalue weighted by molar-refractivity contribution is 5.94. The molecule has 2 aromatic rings. The van der Waals surface area contributed by atoms with Crippen molar-refractivity contribution in [1.82, 2.24) is 25.3 Å². The second-order valence-electron chi connectivity index (χ2n) is 6.21. The van der Waals surface area contributed by atoms with Crippen molar-refractivity contribution in [3.63, 3.8) is 0 Å². The van der Waals surface area contributed by atoms with Crippen molar-refractivity contribution < 1.29 is 4.79 Å². The fraction of sp³-hybridized carbons (Fsp3) is 0.444. The van der Waals surface area contributed by atoms with Crippen LogP contribution in [0.4, 0.5) is 0 Å². The Labute approximate surface area is 155 Å². The van der Waals surface area contributed by atoms with E-state index < -0.39 is 0 Å². The summed E-state index contributed by atoms with van der Waals surface area (Å²) in [6.07, 6.45) is 4.76. The van der Waals surface area contributed by atoms with Gasteiger partial charge in [0.1, 0.15) is 0 Å². The van der Waals surface area contributed by atoms with E-state index in [1.807, 2.05) is 48.3 Å². The van der Waals surface area contributed by atoms with Gasteiger partial charge in [-0.15, -0.1) is 12.4 Å². The predicted octanol–water partition coefficient (Wildman–Crippen LogP) is 1.63. The molecular weight excluding hydrogens is 338 g/mol. The number of piperazine rings is 1. The third-order valence-electron chi connectivity index (χ3n) is 4.25. The van der Waals surface area contributed by atoms with Crippen LogP contribution in [0.1, 0.15) is 22.3 Å². The first-order valence-electron chi connectivity index (χ1n) is 8.55. The molecule has 2 heterocycles. The van der Waals surface area contributed by atoms with Crippen LogP contribution < -0.4 is 10.6 Å². The van der Waals surface area contributed by atoms with Gasteiger partial charge in [-0.25, -0.2) is 4.68 Å². The van der Waals surface area contributed by atoms with Crippen LogP contribution in [0.3, 0.4) is 0 Å². The van der Waals surface area contributed by atoms with Gasteiger partial charge in [-0.3, -0.25) is 4.79 Å². The minimum absolute atomic E-state index is 0. The number of carbonyl (C=O) groups is 1. The molecule has 1 aliphatic heterocycles.